The maximum Gasteiger partial charge on any atom is 0.389 e. The fourth-order valence-electron chi connectivity index (χ4n) is 3.94. The molecular formula is C19H30O4Si4. The van der Waals surface area contributed by atoms with Crippen LogP contribution in [0.1, 0.15) is 5.56 Å². The lowest BCUT2D eigenvalue weighted by molar-refractivity contribution is 0.245. The van der Waals surface area contributed by atoms with Crippen LogP contribution in [0.3, 0.4) is 0 Å². The molecular weight excluding hydrogens is 405 g/mol. The lowest BCUT2D eigenvalue weighted by Gasteiger charge is -2.49. The van der Waals surface area contributed by atoms with Gasteiger partial charge in [0.25, 0.3) is 0 Å². The summed E-state index contributed by atoms with van der Waals surface area (Å²) in [5.74, 6) is 0. The maximum absolute atomic E-state index is 7.01. The molecule has 0 saturated carbocycles. The Morgan fingerprint density at radius 3 is 1.52 bits per heavy atom. The Balaban J connectivity index is 2.26. The first-order valence-electron chi connectivity index (χ1n) is 9.37. The summed E-state index contributed by atoms with van der Waals surface area (Å²) < 4.78 is 27.2. The minimum Gasteiger partial charge on any atom is -0.416 e. The van der Waals surface area contributed by atoms with Gasteiger partial charge in [-0.1, -0.05) is 54.6 Å². The highest BCUT2D eigenvalue weighted by Gasteiger charge is 2.57. The first-order valence-corrected chi connectivity index (χ1v) is 19.6. The van der Waals surface area contributed by atoms with Gasteiger partial charge in [0, 0.05) is 5.19 Å². The van der Waals surface area contributed by atoms with Crippen LogP contribution in [0.25, 0.3) is 0 Å². The molecule has 1 aliphatic heterocycles. The number of rotatable bonds is 2. The fourth-order valence-corrected chi connectivity index (χ4v) is 24.8. The lowest BCUT2D eigenvalue weighted by atomic mass is 10.2. The van der Waals surface area contributed by atoms with E-state index in [1.807, 2.05) is 6.07 Å². The molecule has 0 unspecified atom stereocenters. The molecule has 0 aliphatic carbocycles. The molecule has 146 valence electrons. The molecule has 1 saturated heterocycles. The van der Waals surface area contributed by atoms with Crippen molar-refractivity contribution in [3.8, 4) is 0 Å². The molecule has 1 fully saturated rings. The standard InChI is InChI=1S/C19H30O4Si4/c1-17-13-11-12-16-19(17)27(18-14-9-8-10-15-18)22-25(4,5)20-24(2,3)21-26(6,7)23-27/h8-16H,1-7H3. The van der Waals surface area contributed by atoms with Gasteiger partial charge in [-0.15, -0.1) is 0 Å². The van der Waals surface area contributed by atoms with Gasteiger partial charge in [-0.05, 0) is 57.0 Å². The van der Waals surface area contributed by atoms with E-state index < -0.39 is 34.2 Å². The molecule has 2 aromatic rings. The molecule has 0 spiro atoms. The largest absolute Gasteiger partial charge is 0.416 e. The molecule has 3 rings (SSSR count). The Morgan fingerprint density at radius 1 is 0.556 bits per heavy atom. The molecule has 0 atom stereocenters. The third-order valence-corrected chi connectivity index (χ3v) is 20.9. The molecule has 0 N–H and O–H groups in total. The van der Waals surface area contributed by atoms with E-state index in [9.17, 15) is 0 Å². The SMILES string of the molecule is Cc1ccccc1[Si]1(c2ccccc2)O[Si](C)(C)O[Si](C)(C)O[Si](C)(C)O1. The zero-order valence-corrected chi connectivity index (χ0v) is 21.3. The molecule has 0 bridgehead atoms. The second-order valence-corrected chi connectivity index (χ2v) is 22.4. The highest BCUT2D eigenvalue weighted by molar-refractivity contribution is 7.03. The van der Waals surface area contributed by atoms with E-state index in [4.69, 9.17) is 16.5 Å². The van der Waals surface area contributed by atoms with Crippen molar-refractivity contribution in [3.05, 3.63) is 60.2 Å². The Labute approximate surface area is 167 Å². The van der Waals surface area contributed by atoms with Crippen molar-refractivity contribution in [1.29, 1.82) is 0 Å². The van der Waals surface area contributed by atoms with Gasteiger partial charge < -0.3 is 16.5 Å². The smallest absolute Gasteiger partial charge is 0.389 e. The summed E-state index contributed by atoms with van der Waals surface area (Å²) in [4.78, 5) is 0. The number of benzene rings is 2. The molecule has 0 radical (unpaired) electrons. The second kappa shape index (κ2) is 7.19. The van der Waals surface area contributed by atoms with Crippen LogP contribution in [0.2, 0.25) is 39.3 Å². The summed E-state index contributed by atoms with van der Waals surface area (Å²) in [6.07, 6.45) is 0. The Kier molecular flexibility index (Phi) is 5.56. The number of hydrogen-bond donors (Lipinski definition) is 0. The first-order chi connectivity index (χ1) is 12.4. The van der Waals surface area contributed by atoms with Gasteiger partial charge in [0.2, 0.25) is 0 Å². The third kappa shape index (κ3) is 4.60. The minimum atomic E-state index is -3.00. The molecule has 1 aliphatic rings. The maximum atomic E-state index is 7.01. The summed E-state index contributed by atoms with van der Waals surface area (Å²) >= 11 is 0. The summed E-state index contributed by atoms with van der Waals surface area (Å²) in [5, 5.41) is 2.25. The molecule has 0 aromatic heterocycles. The van der Waals surface area contributed by atoms with Gasteiger partial charge >= 0.3 is 34.2 Å². The van der Waals surface area contributed by atoms with Crippen LogP contribution in [0.4, 0.5) is 0 Å². The monoisotopic (exact) mass is 434 g/mol. The van der Waals surface area contributed by atoms with E-state index in [0.717, 1.165) is 10.4 Å². The molecule has 1 heterocycles. The van der Waals surface area contributed by atoms with Gasteiger partial charge in [0.05, 0.1) is 0 Å². The van der Waals surface area contributed by atoms with Crippen LogP contribution >= 0.6 is 0 Å². The van der Waals surface area contributed by atoms with Gasteiger partial charge in [-0.2, -0.15) is 0 Å². The highest BCUT2D eigenvalue weighted by atomic mass is 28.5. The first kappa shape index (κ1) is 20.9. The van der Waals surface area contributed by atoms with Gasteiger partial charge in [-0.25, -0.2) is 0 Å². The van der Waals surface area contributed by atoms with Crippen molar-refractivity contribution in [2.24, 2.45) is 0 Å². The van der Waals surface area contributed by atoms with Crippen LogP contribution in [0.15, 0.2) is 54.6 Å². The topological polar surface area (TPSA) is 36.9 Å². The van der Waals surface area contributed by atoms with Crippen LogP contribution in [-0.2, 0) is 16.5 Å². The second-order valence-electron chi connectivity index (χ2n) is 8.41. The van der Waals surface area contributed by atoms with E-state index in [0.29, 0.717) is 0 Å². The van der Waals surface area contributed by atoms with Crippen LogP contribution < -0.4 is 10.4 Å². The molecule has 27 heavy (non-hydrogen) atoms. The lowest BCUT2D eigenvalue weighted by Crippen LogP contribution is -2.75. The van der Waals surface area contributed by atoms with Crippen LogP contribution in [-0.4, -0.2) is 34.2 Å². The molecule has 4 nitrogen and oxygen atoms in total. The highest BCUT2D eigenvalue weighted by Crippen LogP contribution is 2.31. The van der Waals surface area contributed by atoms with E-state index in [1.54, 1.807) is 0 Å². The zero-order valence-electron chi connectivity index (χ0n) is 17.3. The van der Waals surface area contributed by atoms with Crippen molar-refractivity contribution in [3.63, 3.8) is 0 Å². The van der Waals surface area contributed by atoms with Crippen LogP contribution in [0.5, 0.6) is 0 Å². The quantitative estimate of drug-likeness (QED) is 0.675. The summed E-state index contributed by atoms with van der Waals surface area (Å²) in [6, 6.07) is 18.8. The van der Waals surface area contributed by atoms with Crippen molar-refractivity contribution in [2.45, 2.75) is 46.2 Å². The molecule has 2 aromatic carbocycles. The zero-order chi connectivity index (χ0) is 19.9. The summed E-state index contributed by atoms with van der Waals surface area (Å²) in [5.41, 5.74) is 1.18. The van der Waals surface area contributed by atoms with Gasteiger partial charge in [-0.3, -0.25) is 0 Å². The van der Waals surface area contributed by atoms with E-state index >= 15 is 0 Å². The van der Waals surface area contributed by atoms with E-state index in [2.05, 4.69) is 94.7 Å². The van der Waals surface area contributed by atoms with Crippen molar-refractivity contribution in [1.82, 2.24) is 0 Å². The summed E-state index contributed by atoms with van der Waals surface area (Å²) in [6.45, 7) is 14.7. The number of aryl methyl sites for hydroxylation is 1. The molecule has 8 heteroatoms. The van der Waals surface area contributed by atoms with Gasteiger partial charge in [0.1, 0.15) is 0 Å². The average molecular weight is 435 g/mol. The molecule has 0 amide bonds. The average Bonchev–Trinajstić information content (AvgIpc) is 2.51. The Hall–Kier alpha value is -0.852. The fraction of sp³-hybridized carbons (Fsp3) is 0.368. The van der Waals surface area contributed by atoms with Crippen molar-refractivity contribution < 1.29 is 16.5 Å². The van der Waals surface area contributed by atoms with E-state index in [-0.39, 0.29) is 0 Å². The third-order valence-electron chi connectivity index (χ3n) is 4.42. The normalized spacial score (nSPS) is 23.2. The van der Waals surface area contributed by atoms with Crippen LogP contribution in [0, 0.1) is 6.92 Å². The minimum absolute atomic E-state index is 1.11. The van der Waals surface area contributed by atoms with E-state index in [1.165, 1.54) is 5.56 Å². The summed E-state index contributed by atoms with van der Waals surface area (Å²) in [7, 11) is -10.3. The van der Waals surface area contributed by atoms with Crippen molar-refractivity contribution >= 4 is 44.6 Å². The van der Waals surface area contributed by atoms with Crippen molar-refractivity contribution in [2.75, 3.05) is 0 Å². The Morgan fingerprint density at radius 2 is 1.00 bits per heavy atom. The Bertz CT molecular complexity index is 786. The van der Waals surface area contributed by atoms with Gasteiger partial charge in [0.15, 0.2) is 0 Å². The predicted octanol–water partition coefficient (Wildman–Crippen LogP) is 3.74. The number of hydrogen-bond acceptors (Lipinski definition) is 4. The predicted molar refractivity (Wildman–Crippen MR) is 119 cm³/mol.